The van der Waals surface area contributed by atoms with E-state index < -0.39 is 14.9 Å². The Labute approximate surface area is 138 Å². The normalized spacial score (nSPS) is 11.6. The van der Waals surface area contributed by atoms with Gasteiger partial charge in [0.25, 0.3) is 15.7 Å². The number of nitrogens with one attached hydrogen (secondary N) is 2. The minimum Gasteiger partial charge on any atom is -0.360 e. The molecule has 0 aliphatic rings. The maximum atomic E-state index is 12.7. The van der Waals surface area contributed by atoms with Crippen LogP contribution in [0.2, 0.25) is 0 Å². The van der Waals surface area contributed by atoms with Crippen LogP contribution in [0, 0.1) is 24.0 Å². The van der Waals surface area contributed by atoms with E-state index in [2.05, 4.69) is 9.71 Å². The van der Waals surface area contributed by atoms with Gasteiger partial charge < -0.3 is 4.98 Å². The van der Waals surface area contributed by atoms with E-state index in [1.165, 1.54) is 24.4 Å². The number of H-pyrrole nitrogens is 1. The first-order chi connectivity index (χ1) is 11.3. The molecule has 0 aliphatic carbocycles. The van der Waals surface area contributed by atoms with Gasteiger partial charge in [-0.3, -0.25) is 14.8 Å². The lowest BCUT2D eigenvalue weighted by molar-refractivity contribution is -0.384. The maximum Gasteiger partial charge on any atom is 0.270 e. The first kappa shape index (κ1) is 16.0. The molecule has 0 bridgehead atoms. The number of aromatic amines is 1. The topological polar surface area (TPSA) is 105 Å². The Bertz CT molecular complexity index is 1050. The van der Waals surface area contributed by atoms with Crippen molar-refractivity contribution in [1.82, 2.24) is 4.98 Å². The summed E-state index contributed by atoms with van der Waals surface area (Å²) >= 11 is 0. The monoisotopic (exact) mass is 345 g/mol. The Kier molecular flexibility index (Phi) is 3.76. The summed E-state index contributed by atoms with van der Waals surface area (Å²) in [6, 6.07) is 9.31. The fourth-order valence-electron chi connectivity index (χ4n) is 2.43. The van der Waals surface area contributed by atoms with Crippen molar-refractivity contribution >= 4 is 32.3 Å². The van der Waals surface area contributed by atoms with Crippen molar-refractivity contribution in [2.24, 2.45) is 0 Å². The lowest BCUT2D eigenvalue weighted by Gasteiger charge is -2.09. The van der Waals surface area contributed by atoms with Crippen molar-refractivity contribution in [3.8, 4) is 0 Å². The highest BCUT2D eigenvalue weighted by Crippen LogP contribution is 2.28. The van der Waals surface area contributed by atoms with Crippen LogP contribution in [0.4, 0.5) is 11.4 Å². The predicted octanol–water partition coefficient (Wildman–Crippen LogP) is 3.49. The molecule has 2 aromatic carbocycles. The zero-order valence-corrected chi connectivity index (χ0v) is 13.8. The third-order valence-corrected chi connectivity index (χ3v) is 5.31. The van der Waals surface area contributed by atoms with E-state index in [-0.39, 0.29) is 16.0 Å². The smallest absolute Gasteiger partial charge is 0.270 e. The number of benzene rings is 2. The zero-order valence-electron chi connectivity index (χ0n) is 13.0. The van der Waals surface area contributed by atoms with Crippen molar-refractivity contribution < 1.29 is 13.3 Å². The molecule has 0 fully saturated rings. The quantitative estimate of drug-likeness (QED) is 0.557. The second-order valence-corrected chi connectivity index (χ2v) is 7.20. The average Bonchev–Trinajstić information content (AvgIpc) is 2.94. The Morgan fingerprint density at radius 1 is 1.08 bits per heavy atom. The van der Waals surface area contributed by atoms with Gasteiger partial charge in [-0.1, -0.05) is 6.07 Å². The first-order valence-electron chi connectivity index (χ1n) is 7.13. The summed E-state index contributed by atoms with van der Waals surface area (Å²) in [5, 5.41) is 11.2. The molecular formula is C16H15N3O4S. The standard InChI is InChI=1S/C16H15N3O4S/c1-10-3-4-12(7-11(10)2)18-24(22,23)16-9-17-15-6-5-13(19(20)21)8-14(15)16/h3-9,17-18H,1-2H3. The number of fused-ring (bicyclic) bond motifs is 1. The van der Waals surface area contributed by atoms with Crippen LogP contribution in [0.25, 0.3) is 10.9 Å². The van der Waals surface area contributed by atoms with E-state index in [1.807, 2.05) is 19.9 Å². The number of hydrogen-bond donors (Lipinski definition) is 2. The molecule has 0 amide bonds. The number of rotatable bonds is 4. The fourth-order valence-corrected chi connectivity index (χ4v) is 3.65. The van der Waals surface area contributed by atoms with Crippen LogP contribution in [0.3, 0.4) is 0 Å². The molecule has 0 radical (unpaired) electrons. The van der Waals surface area contributed by atoms with Crippen LogP contribution in [-0.4, -0.2) is 18.3 Å². The van der Waals surface area contributed by atoms with Gasteiger partial charge in [-0.05, 0) is 43.2 Å². The fraction of sp³-hybridized carbons (Fsp3) is 0.125. The van der Waals surface area contributed by atoms with Crippen molar-refractivity contribution in [2.75, 3.05) is 4.72 Å². The van der Waals surface area contributed by atoms with Crippen LogP contribution < -0.4 is 4.72 Å². The van der Waals surface area contributed by atoms with E-state index in [1.54, 1.807) is 12.1 Å². The van der Waals surface area contributed by atoms with Gasteiger partial charge in [0.15, 0.2) is 0 Å². The first-order valence-corrected chi connectivity index (χ1v) is 8.62. The second-order valence-electron chi connectivity index (χ2n) is 5.54. The third kappa shape index (κ3) is 2.83. The van der Waals surface area contributed by atoms with Crippen LogP contribution >= 0.6 is 0 Å². The van der Waals surface area contributed by atoms with Crippen molar-refractivity contribution in [3.63, 3.8) is 0 Å². The highest BCUT2D eigenvalue weighted by molar-refractivity contribution is 7.93. The summed E-state index contributed by atoms with van der Waals surface area (Å²) in [7, 11) is -3.87. The molecule has 2 N–H and O–H groups in total. The highest BCUT2D eigenvalue weighted by atomic mass is 32.2. The number of anilines is 1. The van der Waals surface area contributed by atoms with E-state index in [4.69, 9.17) is 0 Å². The van der Waals surface area contributed by atoms with Crippen LogP contribution in [0.1, 0.15) is 11.1 Å². The van der Waals surface area contributed by atoms with Crippen molar-refractivity contribution in [2.45, 2.75) is 18.7 Å². The lowest BCUT2D eigenvalue weighted by Crippen LogP contribution is -2.12. The van der Waals surface area contributed by atoms with Gasteiger partial charge in [0.1, 0.15) is 4.90 Å². The number of nitrogens with zero attached hydrogens (tertiary/aromatic N) is 1. The van der Waals surface area contributed by atoms with Crippen molar-refractivity contribution in [1.29, 1.82) is 0 Å². The minimum atomic E-state index is -3.87. The second kappa shape index (κ2) is 5.64. The SMILES string of the molecule is Cc1ccc(NS(=O)(=O)c2c[nH]c3ccc([N+](=O)[O-])cc23)cc1C. The summed E-state index contributed by atoms with van der Waals surface area (Å²) in [5.41, 5.74) is 2.81. The Balaban J connectivity index is 2.06. The van der Waals surface area contributed by atoms with Crippen molar-refractivity contribution in [3.05, 3.63) is 63.8 Å². The van der Waals surface area contributed by atoms with E-state index >= 15 is 0 Å². The summed E-state index contributed by atoms with van der Waals surface area (Å²) in [6.45, 7) is 3.83. The van der Waals surface area contributed by atoms with E-state index in [0.717, 1.165) is 11.1 Å². The molecule has 3 aromatic rings. The Morgan fingerprint density at radius 3 is 2.50 bits per heavy atom. The van der Waals surface area contributed by atoms with E-state index in [0.29, 0.717) is 11.2 Å². The Hall–Kier alpha value is -2.87. The molecule has 0 atom stereocenters. The summed E-state index contributed by atoms with van der Waals surface area (Å²) in [6.07, 6.45) is 1.33. The van der Waals surface area contributed by atoms with Gasteiger partial charge in [0.2, 0.25) is 0 Å². The molecule has 1 aromatic heterocycles. The van der Waals surface area contributed by atoms with Gasteiger partial charge in [-0.15, -0.1) is 0 Å². The highest BCUT2D eigenvalue weighted by Gasteiger charge is 2.21. The van der Waals surface area contributed by atoms with Crippen LogP contribution in [-0.2, 0) is 10.0 Å². The summed E-state index contributed by atoms with van der Waals surface area (Å²) < 4.78 is 27.8. The number of non-ortho nitro benzene ring substituents is 1. The number of aromatic nitrogens is 1. The molecule has 0 saturated heterocycles. The molecule has 8 heteroatoms. The molecular weight excluding hydrogens is 330 g/mol. The van der Waals surface area contributed by atoms with Gasteiger partial charge >= 0.3 is 0 Å². The molecule has 0 spiro atoms. The number of hydrogen-bond acceptors (Lipinski definition) is 4. The number of aryl methyl sites for hydroxylation is 2. The maximum absolute atomic E-state index is 12.7. The Morgan fingerprint density at radius 2 is 1.83 bits per heavy atom. The zero-order chi connectivity index (χ0) is 17.5. The number of sulfonamides is 1. The third-order valence-electron chi connectivity index (χ3n) is 3.89. The van der Waals surface area contributed by atoms with Crippen LogP contribution in [0.5, 0.6) is 0 Å². The molecule has 0 unspecified atom stereocenters. The largest absolute Gasteiger partial charge is 0.360 e. The molecule has 7 nitrogen and oxygen atoms in total. The van der Waals surface area contributed by atoms with Gasteiger partial charge in [-0.25, -0.2) is 8.42 Å². The predicted molar refractivity (Wildman–Crippen MR) is 91.7 cm³/mol. The molecule has 1 heterocycles. The molecule has 0 aliphatic heterocycles. The average molecular weight is 345 g/mol. The van der Waals surface area contributed by atoms with Crippen LogP contribution in [0.15, 0.2) is 47.5 Å². The van der Waals surface area contributed by atoms with Gasteiger partial charge in [-0.2, -0.15) is 0 Å². The van der Waals surface area contributed by atoms with Gasteiger partial charge in [0.05, 0.1) is 4.92 Å². The lowest BCUT2D eigenvalue weighted by atomic mass is 10.1. The summed E-state index contributed by atoms with van der Waals surface area (Å²) in [4.78, 5) is 13.2. The molecule has 0 saturated carbocycles. The number of nitro groups is 1. The molecule has 3 rings (SSSR count). The molecule has 124 valence electrons. The van der Waals surface area contributed by atoms with E-state index in [9.17, 15) is 18.5 Å². The minimum absolute atomic E-state index is 0.0283. The molecule has 24 heavy (non-hydrogen) atoms. The summed E-state index contributed by atoms with van der Waals surface area (Å²) in [5.74, 6) is 0. The van der Waals surface area contributed by atoms with Gasteiger partial charge in [0, 0.05) is 34.9 Å². The number of nitro benzene ring substituents is 1.